The van der Waals surface area contributed by atoms with Gasteiger partial charge in [-0.15, -0.1) is 11.3 Å². The molecule has 0 saturated heterocycles. The van der Waals surface area contributed by atoms with E-state index in [1.54, 1.807) is 25.1 Å². The SMILES string of the molecule is COC(=O)c1sc(S(=O)(=O)N[C@H](C)c2cc(OC)ccc2OC)c(C(=O)OC)c1C. The molecule has 30 heavy (non-hydrogen) atoms. The van der Waals surface area contributed by atoms with E-state index >= 15 is 0 Å². The summed E-state index contributed by atoms with van der Waals surface area (Å²) < 4.78 is 48.4. The number of ether oxygens (including phenoxy) is 4. The van der Waals surface area contributed by atoms with Gasteiger partial charge in [-0.1, -0.05) is 0 Å². The van der Waals surface area contributed by atoms with E-state index in [1.165, 1.54) is 28.3 Å². The Labute approximate surface area is 179 Å². The van der Waals surface area contributed by atoms with Gasteiger partial charge in [-0.3, -0.25) is 0 Å². The number of benzene rings is 1. The lowest BCUT2D eigenvalue weighted by Gasteiger charge is -2.18. The van der Waals surface area contributed by atoms with Crippen LogP contribution in [0, 0.1) is 6.92 Å². The summed E-state index contributed by atoms with van der Waals surface area (Å²) in [4.78, 5) is 24.3. The average Bonchev–Trinajstić information content (AvgIpc) is 3.09. The summed E-state index contributed by atoms with van der Waals surface area (Å²) in [5, 5.41) is 0. The highest BCUT2D eigenvalue weighted by Gasteiger charge is 2.33. The molecule has 0 aliphatic carbocycles. The summed E-state index contributed by atoms with van der Waals surface area (Å²) in [5.74, 6) is -0.638. The normalized spacial score (nSPS) is 12.2. The predicted octanol–water partition coefficient (Wildman–Crippen LogP) is 2.69. The van der Waals surface area contributed by atoms with Gasteiger partial charge in [0.15, 0.2) is 4.21 Å². The van der Waals surface area contributed by atoms with Crippen LogP contribution in [-0.4, -0.2) is 48.8 Å². The Kier molecular flexibility index (Phi) is 7.45. The first-order valence-electron chi connectivity index (χ1n) is 8.65. The number of nitrogens with one attached hydrogen (secondary N) is 1. The Bertz CT molecular complexity index is 1060. The first-order valence-corrected chi connectivity index (χ1v) is 10.9. The number of sulfonamides is 1. The maximum absolute atomic E-state index is 13.2. The van der Waals surface area contributed by atoms with Gasteiger partial charge in [-0.25, -0.2) is 22.7 Å². The quantitative estimate of drug-likeness (QED) is 0.601. The molecule has 0 unspecified atom stereocenters. The van der Waals surface area contributed by atoms with E-state index in [0.717, 1.165) is 7.11 Å². The molecule has 1 atom stereocenters. The van der Waals surface area contributed by atoms with E-state index in [2.05, 4.69) is 4.72 Å². The zero-order valence-corrected chi connectivity index (χ0v) is 19.0. The van der Waals surface area contributed by atoms with E-state index in [-0.39, 0.29) is 20.2 Å². The van der Waals surface area contributed by atoms with Crippen LogP contribution in [-0.2, 0) is 19.5 Å². The number of hydrogen-bond donors (Lipinski definition) is 1. The number of hydrogen-bond acceptors (Lipinski definition) is 9. The molecular weight excluding hydrogens is 434 g/mol. The highest BCUT2D eigenvalue weighted by atomic mass is 32.2. The fourth-order valence-corrected chi connectivity index (χ4v) is 5.81. The minimum Gasteiger partial charge on any atom is -0.497 e. The van der Waals surface area contributed by atoms with Crippen LogP contribution in [0.5, 0.6) is 11.5 Å². The lowest BCUT2D eigenvalue weighted by Crippen LogP contribution is -2.28. The van der Waals surface area contributed by atoms with Crippen LogP contribution < -0.4 is 14.2 Å². The van der Waals surface area contributed by atoms with E-state index in [0.29, 0.717) is 28.4 Å². The second-order valence-corrected chi connectivity index (χ2v) is 9.08. The molecule has 1 heterocycles. The molecule has 0 radical (unpaired) electrons. The summed E-state index contributed by atoms with van der Waals surface area (Å²) in [5.41, 5.74) is 0.493. The largest absolute Gasteiger partial charge is 0.497 e. The number of carbonyl (C=O) groups excluding carboxylic acids is 2. The van der Waals surface area contributed by atoms with Gasteiger partial charge >= 0.3 is 11.9 Å². The third kappa shape index (κ3) is 4.58. The highest BCUT2D eigenvalue weighted by Crippen LogP contribution is 2.35. The Morgan fingerprint density at radius 1 is 1.03 bits per heavy atom. The molecule has 0 aliphatic rings. The molecule has 2 rings (SSSR count). The molecule has 1 N–H and O–H groups in total. The Hall–Kier alpha value is -2.63. The van der Waals surface area contributed by atoms with Crippen molar-refractivity contribution in [1.29, 1.82) is 0 Å². The maximum atomic E-state index is 13.2. The monoisotopic (exact) mass is 457 g/mol. The fourth-order valence-electron chi connectivity index (χ4n) is 2.83. The molecule has 0 aliphatic heterocycles. The molecule has 164 valence electrons. The maximum Gasteiger partial charge on any atom is 0.348 e. The molecule has 1 aromatic carbocycles. The van der Waals surface area contributed by atoms with Gasteiger partial charge in [0.1, 0.15) is 16.4 Å². The van der Waals surface area contributed by atoms with Crippen LogP contribution in [0.4, 0.5) is 0 Å². The van der Waals surface area contributed by atoms with Crippen LogP contribution in [0.25, 0.3) is 0 Å². The lowest BCUT2D eigenvalue weighted by molar-refractivity contribution is 0.0596. The van der Waals surface area contributed by atoms with E-state index in [9.17, 15) is 18.0 Å². The number of esters is 2. The molecule has 2 aromatic rings. The van der Waals surface area contributed by atoms with Gasteiger partial charge in [0.25, 0.3) is 10.0 Å². The summed E-state index contributed by atoms with van der Waals surface area (Å²) in [6.45, 7) is 3.08. The van der Waals surface area contributed by atoms with E-state index < -0.39 is 28.0 Å². The van der Waals surface area contributed by atoms with Gasteiger partial charge in [0.05, 0.1) is 34.0 Å². The second-order valence-electron chi connectivity index (χ2n) is 6.15. The van der Waals surface area contributed by atoms with Crippen LogP contribution in [0.3, 0.4) is 0 Å². The van der Waals surface area contributed by atoms with Crippen LogP contribution in [0.1, 0.15) is 44.1 Å². The average molecular weight is 458 g/mol. The first-order chi connectivity index (χ1) is 14.1. The third-order valence-corrected chi connectivity index (χ3v) is 7.69. The lowest BCUT2D eigenvalue weighted by atomic mass is 10.1. The highest BCUT2D eigenvalue weighted by molar-refractivity contribution is 7.91. The first kappa shape index (κ1) is 23.6. The smallest absolute Gasteiger partial charge is 0.348 e. The van der Waals surface area contributed by atoms with E-state index in [1.807, 2.05) is 0 Å². The molecule has 0 fully saturated rings. The summed E-state index contributed by atoms with van der Waals surface area (Å²) in [6, 6.07) is 4.25. The zero-order chi connectivity index (χ0) is 22.6. The molecular formula is C19H23NO8S2. The van der Waals surface area contributed by atoms with Gasteiger partial charge < -0.3 is 18.9 Å². The summed E-state index contributed by atoms with van der Waals surface area (Å²) in [7, 11) is 1.04. The molecule has 11 heteroatoms. The number of methoxy groups -OCH3 is 4. The van der Waals surface area contributed by atoms with Crippen molar-refractivity contribution in [3.63, 3.8) is 0 Å². The molecule has 0 bridgehead atoms. The minimum absolute atomic E-state index is 0.00453. The summed E-state index contributed by atoms with van der Waals surface area (Å²) >= 11 is 0.642. The number of thiophene rings is 1. The van der Waals surface area contributed by atoms with Crippen molar-refractivity contribution in [3.8, 4) is 11.5 Å². The molecule has 9 nitrogen and oxygen atoms in total. The second kappa shape index (κ2) is 9.45. The fraction of sp³-hybridized carbons (Fsp3) is 0.368. The van der Waals surface area contributed by atoms with Crippen LogP contribution in [0.15, 0.2) is 22.4 Å². The van der Waals surface area contributed by atoms with Gasteiger partial charge in [-0.05, 0) is 37.6 Å². The van der Waals surface area contributed by atoms with Crippen molar-refractivity contribution in [2.75, 3.05) is 28.4 Å². The standard InChI is InChI=1S/C19H23NO8S2/c1-10-15(17(21)27-5)19(29-16(10)18(22)28-6)30(23,24)20-11(2)13-9-12(25-3)7-8-14(13)26-4/h7-9,11,20H,1-6H3/t11-/m1/s1. The predicted molar refractivity (Wildman–Crippen MR) is 110 cm³/mol. The third-order valence-electron chi connectivity index (χ3n) is 4.35. The Balaban J connectivity index is 2.54. The topological polar surface area (TPSA) is 117 Å². The summed E-state index contributed by atoms with van der Waals surface area (Å²) in [6.07, 6.45) is 0. The van der Waals surface area contributed by atoms with Crippen molar-refractivity contribution < 1.29 is 37.0 Å². The van der Waals surface area contributed by atoms with Gasteiger partial charge in [-0.2, -0.15) is 0 Å². The molecule has 0 spiro atoms. The van der Waals surface area contributed by atoms with Crippen LogP contribution in [0.2, 0.25) is 0 Å². The molecule has 1 aromatic heterocycles. The van der Waals surface area contributed by atoms with Crippen molar-refractivity contribution in [2.45, 2.75) is 24.1 Å². The zero-order valence-electron chi connectivity index (χ0n) is 17.4. The van der Waals surface area contributed by atoms with Crippen molar-refractivity contribution in [2.24, 2.45) is 0 Å². The Morgan fingerprint density at radius 2 is 1.67 bits per heavy atom. The van der Waals surface area contributed by atoms with Crippen molar-refractivity contribution in [3.05, 3.63) is 39.8 Å². The van der Waals surface area contributed by atoms with Crippen LogP contribution >= 0.6 is 11.3 Å². The Morgan fingerprint density at radius 3 is 2.20 bits per heavy atom. The molecule has 0 amide bonds. The minimum atomic E-state index is -4.22. The number of rotatable bonds is 8. The molecule has 0 saturated carbocycles. The number of carbonyl (C=O) groups is 2. The van der Waals surface area contributed by atoms with Crippen molar-refractivity contribution >= 4 is 33.3 Å². The van der Waals surface area contributed by atoms with E-state index in [4.69, 9.17) is 18.9 Å². The van der Waals surface area contributed by atoms with Gasteiger partial charge in [0, 0.05) is 11.6 Å². The van der Waals surface area contributed by atoms with Gasteiger partial charge in [0.2, 0.25) is 0 Å². The van der Waals surface area contributed by atoms with Crippen molar-refractivity contribution in [1.82, 2.24) is 4.72 Å².